The molecule has 5 unspecified atom stereocenters. The Morgan fingerprint density at radius 2 is 1.63 bits per heavy atom. The van der Waals surface area contributed by atoms with Crippen LogP contribution in [0.25, 0.3) is 0 Å². The Balaban J connectivity index is 1.72. The van der Waals surface area contributed by atoms with Gasteiger partial charge >= 0.3 is 11.9 Å². The molecule has 5 saturated heterocycles. The number of rotatable bonds is 9. The number of cyclic esters (lactones) is 1. The van der Waals surface area contributed by atoms with Gasteiger partial charge in [0.05, 0.1) is 23.4 Å². The number of aliphatic hydroxyl groups excluding tert-OH is 2. The van der Waals surface area contributed by atoms with Crippen LogP contribution < -0.4 is 0 Å². The van der Waals surface area contributed by atoms with Gasteiger partial charge in [-0.05, 0) is 81.9 Å². The van der Waals surface area contributed by atoms with Crippen molar-refractivity contribution in [2.75, 3.05) is 41.4 Å². The summed E-state index contributed by atoms with van der Waals surface area (Å²) in [4.78, 5) is 62.1. The van der Waals surface area contributed by atoms with E-state index in [-0.39, 0.29) is 38.2 Å². The number of carbonyl (C=O) groups excluding carboxylic acids is 4. The highest BCUT2D eigenvalue weighted by molar-refractivity contribution is 6.01. The first kappa shape index (κ1) is 47.5. The average Bonchev–Trinajstić information content (AvgIpc) is 3.63. The molecular formula is C43H68N2O14. The predicted molar refractivity (Wildman–Crippen MR) is 211 cm³/mol. The van der Waals surface area contributed by atoms with Crippen LogP contribution in [0.5, 0.6) is 0 Å². The number of aliphatic hydroxyl groups is 2. The molecule has 0 aromatic carbocycles. The van der Waals surface area contributed by atoms with Crippen molar-refractivity contribution in [2.24, 2.45) is 23.2 Å². The van der Waals surface area contributed by atoms with E-state index in [9.17, 15) is 19.8 Å². The summed E-state index contributed by atoms with van der Waals surface area (Å²) in [6.45, 7) is 15.2. The van der Waals surface area contributed by atoms with E-state index in [1.54, 1.807) is 48.6 Å². The smallest absolute Gasteiger partial charge is 0.324 e. The third-order valence-corrected chi connectivity index (χ3v) is 14.0. The van der Waals surface area contributed by atoms with Gasteiger partial charge in [-0.3, -0.25) is 24.1 Å². The molecule has 16 heteroatoms. The number of terminal acetylenes is 1. The van der Waals surface area contributed by atoms with Crippen LogP contribution in [-0.2, 0) is 57.1 Å². The first-order valence-corrected chi connectivity index (χ1v) is 20.9. The number of ether oxygens (including phenoxy) is 8. The summed E-state index contributed by atoms with van der Waals surface area (Å²) in [5.41, 5.74) is -5.44. The molecule has 0 aromatic heterocycles. The summed E-state index contributed by atoms with van der Waals surface area (Å²) in [7, 11) is 6.87. The molecule has 5 fully saturated rings. The highest BCUT2D eigenvalue weighted by Crippen LogP contribution is 2.55. The average molecular weight is 837 g/mol. The molecule has 18 atom stereocenters. The van der Waals surface area contributed by atoms with Crippen molar-refractivity contribution in [1.82, 2.24) is 9.80 Å². The lowest BCUT2D eigenvalue weighted by atomic mass is 9.62. The second-order valence-electron chi connectivity index (χ2n) is 18.7. The van der Waals surface area contributed by atoms with Crippen molar-refractivity contribution < 1.29 is 67.3 Å². The zero-order valence-corrected chi connectivity index (χ0v) is 37.1. The Hall–Kier alpha value is -2.56. The van der Waals surface area contributed by atoms with E-state index >= 15 is 9.59 Å². The van der Waals surface area contributed by atoms with Crippen LogP contribution in [0.1, 0.15) is 88.0 Å². The molecule has 5 aliphatic heterocycles. The maximum absolute atomic E-state index is 15.2. The van der Waals surface area contributed by atoms with Crippen molar-refractivity contribution in [1.29, 1.82) is 0 Å². The second-order valence-corrected chi connectivity index (χ2v) is 18.7. The molecule has 0 bridgehead atoms. The number of methoxy groups -OCH3 is 1. The minimum atomic E-state index is -1.71. The highest BCUT2D eigenvalue weighted by Gasteiger charge is 2.71. The lowest BCUT2D eigenvalue weighted by Gasteiger charge is -2.49. The minimum Gasteiger partial charge on any atom is -0.458 e. The first-order chi connectivity index (χ1) is 27.4. The molecule has 59 heavy (non-hydrogen) atoms. The molecule has 0 spiro atoms. The van der Waals surface area contributed by atoms with Gasteiger partial charge in [-0.15, -0.1) is 6.42 Å². The number of esters is 2. The van der Waals surface area contributed by atoms with Gasteiger partial charge < -0.3 is 53.0 Å². The van der Waals surface area contributed by atoms with Gasteiger partial charge in [0.2, 0.25) is 0 Å². The molecule has 5 aliphatic rings. The summed E-state index contributed by atoms with van der Waals surface area (Å²) in [6.07, 6.45) is -3.95. The molecule has 0 aliphatic carbocycles. The number of hydrogen-bond acceptors (Lipinski definition) is 16. The number of likely N-dealkylation sites (N-methyl/N-ethyl adjacent to an activating group) is 2. The van der Waals surface area contributed by atoms with Crippen LogP contribution in [0, 0.1) is 35.5 Å². The number of carbonyl (C=O) groups is 4. The third-order valence-electron chi connectivity index (χ3n) is 14.0. The van der Waals surface area contributed by atoms with Gasteiger partial charge in [-0.2, -0.15) is 0 Å². The zero-order chi connectivity index (χ0) is 44.2. The van der Waals surface area contributed by atoms with Crippen LogP contribution in [0.3, 0.4) is 0 Å². The summed E-state index contributed by atoms with van der Waals surface area (Å²) in [6, 6.07) is -1.20. The minimum absolute atomic E-state index is 0.0422. The van der Waals surface area contributed by atoms with E-state index in [0.717, 1.165) is 0 Å². The van der Waals surface area contributed by atoms with Crippen LogP contribution in [0.2, 0.25) is 0 Å². The summed E-state index contributed by atoms with van der Waals surface area (Å²) < 4.78 is 50.4. The topological polar surface area (TPSA) is 189 Å². The van der Waals surface area contributed by atoms with E-state index in [1.807, 2.05) is 37.7 Å². The van der Waals surface area contributed by atoms with E-state index in [2.05, 4.69) is 5.92 Å². The number of likely N-dealkylation sites (tertiary alicyclic amines) is 1. The molecule has 0 amide bonds. The highest BCUT2D eigenvalue weighted by atomic mass is 16.7. The van der Waals surface area contributed by atoms with Crippen LogP contribution >= 0.6 is 0 Å². The van der Waals surface area contributed by atoms with Crippen molar-refractivity contribution in [3.63, 3.8) is 0 Å². The quantitative estimate of drug-likeness (QED) is 0.195. The normalized spacial score (nSPS) is 47.6. The Bertz CT molecular complexity index is 1620. The Labute approximate surface area is 349 Å². The van der Waals surface area contributed by atoms with Gasteiger partial charge in [0.1, 0.15) is 54.9 Å². The maximum atomic E-state index is 15.2. The SMILES string of the molecule is C#CCO[C@@]1(C)C[C@@H](C)C(=O)C2(C)CN(C)C3C(=O)O[C@@](C)(C32)[C@@H](CC)OC(=O)[C@H](C)C(=O)[C@H](OC2CC(C)(OC)[C@@H](O)[C@H](C)O2)[C@H]1O[C@@H]1O[C@H](C)C[C@H](N(C)C)[C@H]1O. The van der Waals surface area contributed by atoms with E-state index in [4.69, 9.17) is 44.3 Å². The van der Waals surface area contributed by atoms with Crippen LogP contribution in [0.15, 0.2) is 0 Å². The van der Waals surface area contributed by atoms with Gasteiger partial charge in [0, 0.05) is 43.4 Å². The largest absolute Gasteiger partial charge is 0.458 e. The molecular weight excluding hydrogens is 768 g/mol. The number of ketones is 2. The summed E-state index contributed by atoms with van der Waals surface area (Å²) in [5.74, 6) is -2.99. The molecule has 0 radical (unpaired) electrons. The van der Waals surface area contributed by atoms with Gasteiger partial charge in [0.25, 0.3) is 0 Å². The molecule has 5 rings (SSSR count). The molecule has 0 saturated carbocycles. The first-order valence-electron chi connectivity index (χ1n) is 20.9. The molecule has 16 nitrogen and oxygen atoms in total. The molecule has 334 valence electrons. The fourth-order valence-corrected chi connectivity index (χ4v) is 10.7. The predicted octanol–water partition coefficient (Wildman–Crippen LogP) is 1.88. The number of hydrogen-bond donors (Lipinski definition) is 2. The second kappa shape index (κ2) is 17.7. The summed E-state index contributed by atoms with van der Waals surface area (Å²) >= 11 is 0. The molecule has 5 heterocycles. The third kappa shape index (κ3) is 8.63. The monoisotopic (exact) mass is 836 g/mol. The van der Waals surface area contributed by atoms with E-state index in [1.165, 1.54) is 14.0 Å². The van der Waals surface area contributed by atoms with Gasteiger partial charge in [-0.25, -0.2) is 0 Å². The Morgan fingerprint density at radius 1 is 0.966 bits per heavy atom. The van der Waals surface area contributed by atoms with Crippen LogP contribution in [-0.4, -0.2) is 169 Å². The lowest BCUT2D eigenvalue weighted by Crippen LogP contribution is -2.63. The number of nitrogens with zero attached hydrogens (tertiary/aromatic N) is 2. The van der Waals surface area contributed by atoms with Crippen LogP contribution in [0.4, 0.5) is 0 Å². The van der Waals surface area contributed by atoms with E-state index in [0.29, 0.717) is 6.42 Å². The zero-order valence-electron chi connectivity index (χ0n) is 37.1. The Morgan fingerprint density at radius 3 is 2.22 bits per heavy atom. The van der Waals surface area contributed by atoms with Crippen molar-refractivity contribution in [3.8, 4) is 12.3 Å². The maximum Gasteiger partial charge on any atom is 0.324 e. The fraction of sp³-hybridized carbons (Fsp3) is 0.860. The Kier molecular flexibility index (Phi) is 14.2. The lowest BCUT2D eigenvalue weighted by molar-refractivity contribution is -0.328. The molecule has 0 aromatic rings. The standard InChI is InChI=1S/C43H68N2O14/c1-15-17-53-42(9)19-22(3)34(48)40(7)21-45(13)29-33(40)43(10,59-38(29)51)27(16-2)56-37(50)24(5)30(46)32(57-28-20-41(8,52-14)35(49)25(6)55-28)36(42)58-39-31(47)26(44(11)12)18-23(4)54-39/h1,22-29,31-33,35-36,39,47,49H,16-21H2,2-14H3/t22-,23-,24-,25+,26+,27-,28?,29?,31-,32+,33?,35+,36-,39+,40?,41?,42+,43-/m1/s1. The van der Waals surface area contributed by atoms with Crippen molar-refractivity contribution in [3.05, 3.63) is 0 Å². The van der Waals surface area contributed by atoms with Gasteiger partial charge in [-0.1, -0.05) is 26.7 Å². The summed E-state index contributed by atoms with van der Waals surface area (Å²) in [5, 5.41) is 22.8. The van der Waals surface area contributed by atoms with Crippen molar-refractivity contribution >= 4 is 23.5 Å². The fourth-order valence-electron chi connectivity index (χ4n) is 10.7. The number of Topliss-reactive ketones (excluding diaryl/α,β-unsaturated/α-hetero) is 2. The van der Waals surface area contributed by atoms with Gasteiger partial charge in [0.15, 0.2) is 24.0 Å². The van der Waals surface area contributed by atoms with Crippen molar-refractivity contribution in [2.45, 2.75) is 172 Å². The molecule has 2 N–H and O–H groups in total. The van der Waals surface area contributed by atoms with E-state index < -0.39 is 125 Å².